The first-order valence-corrected chi connectivity index (χ1v) is 6.40. The minimum Gasteiger partial charge on any atom is -0.506 e. The number of aryl methyl sites for hydroxylation is 1. The zero-order valence-electron chi connectivity index (χ0n) is 11.0. The third-order valence-corrected chi connectivity index (χ3v) is 3.98. The Morgan fingerprint density at radius 3 is 2.71 bits per heavy atom. The standard InChI is InChI=1S/C14H22N2O/c1-10(2)14(6-7-14)9-15-8-12-13(17)5-4-11(3)16-12/h4-5,10,15,17H,6-9H2,1-3H3. The molecule has 2 rings (SSSR count). The lowest BCUT2D eigenvalue weighted by molar-refractivity contribution is 0.335. The van der Waals surface area contributed by atoms with Crippen molar-refractivity contribution in [2.45, 2.75) is 40.2 Å². The molecule has 3 heteroatoms. The second-order valence-electron chi connectivity index (χ2n) is 5.54. The molecule has 1 saturated carbocycles. The molecule has 0 atom stereocenters. The van der Waals surface area contributed by atoms with Crippen LogP contribution < -0.4 is 5.32 Å². The molecule has 0 unspecified atom stereocenters. The molecule has 1 aromatic rings. The normalized spacial score (nSPS) is 17.4. The number of nitrogens with zero attached hydrogens (tertiary/aromatic N) is 1. The van der Waals surface area contributed by atoms with Crippen molar-refractivity contribution in [1.82, 2.24) is 10.3 Å². The molecule has 3 nitrogen and oxygen atoms in total. The molecule has 1 aliphatic carbocycles. The van der Waals surface area contributed by atoms with E-state index in [2.05, 4.69) is 24.1 Å². The zero-order valence-corrected chi connectivity index (χ0v) is 11.0. The summed E-state index contributed by atoms with van der Waals surface area (Å²) in [5.41, 5.74) is 2.20. The molecule has 0 spiro atoms. The van der Waals surface area contributed by atoms with Crippen LogP contribution in [-0.2, 0) is 6.54 Å². The van der Waals surface area contributed by atoms with E-state index in [1.54, 1.807) is 6.07 Å². The second-order valence-corrected chi connectivity index (χ2v) is 5.54. The highest BCUT2D eigenvalue weighted by atomic mass is 16.3. The summed E-state index contributed by atoms with van der Waals surface area (Å²) in [6.07, 6.45) is 2.65. The van der Waals surface area contributed by atoms with Crippen molar-refractivity contribution in [2.75, 3.05) is 6.54 Å². The van der Waals surface area contributed by atoms with Gasteiger partial charge in [0.25, 0.3) is 0 Å². The van der Waals surface area contributed by atoms with Crippen LogP contribution in [0.1, 0.15) is 38.1 Å². The summed E-state index contributed by atoms with van der Waals surface area (Å²) in [7, 11) is 0. The monoisotopic (exact) mass is 234 g/mol. The molecule has 1 fully saturated rings. The molecule has 0 aliphatic heterocycles. The van der Waals surface area contributed by atoms with Gasteiger partial charge in [-0.2, -0.15) is 0 Å². The van der Waals surface area contributed by atoms with Crippen molar-refractivity contribution in [3.63, 3.8) is 0 Å². The fourth-order valence-electron chi connectivity index (χ4n) is 2.28. The Bertz CT molecular complexity index is 397. The maximum atomic E-state index is 9.69. The van der Waals surface area contributed by atoms with Crippen LogP contribution in [0.5, 0.6) is 5.75 Å². The fraction of sp³-hybridized carbons (Fsp3) is 0.643. The summed E-state index contributed by atoms with van der Waals surface area (Å²) >= 11 is 0. The lowest BCUT2D eigenvalue weighted by Gasteiger charge is -2.20. The van der Waals surface area contributed by atoms with E-state index in [-0.39, 0.29) is 5.75 Å². The summed E-state index contributed by atoms with van der Waals surface area (Å²) in [6, 6.07) is 3.55. The van der Waals surface area contributed by atoms with Gasteiger partial charge < -0.3 is 10.4 Å². The molecule has 0 radical (unpaired) electrons. The number of rotatable bonds is 5. The van der Waals surface area contributed by atoms with Crippen molar-refractivity contribution in [3.05, 3.63) is 23.5 Å². The van der Waals surface area contributed by atoms with Crippen LogP contribution >= 0.6 is 0 Å². The molecule has 0 bridgehead atoms. The summed E-state index contributed by atoms with van der Waals surface area (Å²) < 4.78 is 0. The summed E-state index contributed by atoms with van der Waals surface area (Å²) in [5.74, 6) is 1.02. The maximum absolute atomic E-state index is 9.69. The van der Waals surface area contributed by atoms with E-state index in [9.17, 15) is 5.11 Å². The number of nitrogens with one attached hydrogen (secondary N) is 1. The highest BCUT2D eigenvalue weighted by Crippen LogP contribution is 2.51. The maximum Gasteiger partial charge on any atom is 0.138 e. The van der Waals surface area contributed by atoms with E-state index >= 15 is 0 Å². The van der Waals surface area contributed by atoms with Gasteiger partial charge in [-0.05, 0) is 43.2 Å². The fourth-order valence-corrected chi connectivity index (χ4v) is 2.28. The summed E-state index contributed by atoms with van der Waals surface area (Å²) in [6.45, 7) is 8.20. The van der Waals surface area contributed by atoms with Crippen LogP contribution in [0.4, 0.5) is 0 Å². The molecule has 1 aliphatic rings. The minimum absolute atomic E-state index is 0.289. The smallest absolute Gasteiger partial charge is 0.138 e. The predicted molar refractivity (Wildman–Crippen MR) is 68.9 cm³/mol. The Balaban J connectivity index is 1.88. The number of hydrogen-bond acceptors (Lipinski definition) is 3. The SMILES string of the molecule is Cc1ccc(O)c(CNCC2(C(C)C)CC2)n1. The van der Waals surface area contributed by atoms with Gasteiger partial charge in [-0.25, -0.2) is 0 Å². The minimum atomic E-state index is 0.289. The third kappa shape index (κ3) is 2.78. The Hall–Kier alpha value is -1.09. The van der Waals surface area contributed by atoms with E-state index in [1.807, 2.05) is 13.0 Å². The molecular weight excluding hydrogens is 212 g/mol. The van der Waals surface area contributed by atoms with E-state index in [1.165, 1.54) is 12.8 Å². The number of aromatic hydroxyl groups is 1. The van der Waals surface area contributed by atoms with Crippen molar-refractivity contribution >= 4 is 0 Å². The van der Waals surface area contributed by atoms with Gasteiger partial charge in [0.2, 0.25) is 0 Å². The quantitative estimate of drug-likeness (QED) is 0.823. The Morgan fingerprint density at radius 1 is 1.41 bits per heavy atom. The van der Waals surface area contributed by atoms with Gasteiger partial charge in [0.1, 0.15) is 5.75 Å². The van der Waals surface area contributed by atoms with Gasteiger partial charge in [-0.1, -0.05) is 13.8 Å². The largest absolute Gasteiger partial charge is 0.506 e. The van der Waals surface area contributed by atoms with E-state index in [0.29, 0.717) is 12.0 Å². The Kier molecular flexibility index (Phi) is 3.38. The van der Waals surface area contributed by atoms with Crippen molar-refractivity contribution in [1.29, 1.82) is 0 Å². The van der Waals surface area contributed by atoms with Gasteiger partial charge in [0, 0.05) is 18.8 Å². The lowest BCUT2D eigenvalue weighted by Crippen LogP contribution is -2.27. The topological polar surface area (TPSA) is 45.1 Å². The van der Waals surface area contributed by atoms with Crippen molar-refractivity contribution in [3.8, 4) is 5.75 Å². The van der Waals surface area contributed by atoms with Crippen molar-refractivity contribution < 1.29 is 5.11 Å². The van der Waals surface area contributed by atoms with Gasteiger partial charge in [-0.15, -0.1) is 0 Å². The van der Waals surface area contributed by atoms with Crippen LogP contribution in [0.25, 0.3) is 0 Å². The summed E-state index contributed by atoms with van der Waals surface area (Å²) in [4.78, 5) is 4.35. The van der Waals surface area contributed by atoms with Crippen LogP contribution in [0.15, 0.2) is 12.1 Å². The average Bonchev–Trinajstić information content (AvgIpc) is 3.04. The van der Waals surface area contributed by atoms with Crippen molar-refractivity contribution in [2.24, 2.45) is 11.3 Å². The Morgan fingerprint density at radius 2 is 2.12 bits per heavy atom. The van der Waals surface area contributed by atoms with Gasteiger partial charge >= 0.3 is 0 Å². The van der Waals surface area contributed by atoms with E-state index < -0.39 is 0 Å². The average molecular weight is 234 g/mol. The molecule has 0 amide bonds. The molecule has 1 aromatic heterocycles. The lowest BCUT2D eigenvalue weighted by atomic mass is 9.92. The first-order chi connectivity index (χ1) is 8.03. The number of aromatic nitrogens is 1. The van der Waals surface area contributed by atoms with Gasteiger partial charge in [-0.3, -0.25) is 4.98 Å². The number of pyridine rings is 1. The Labute approximate surface area is 103 Å². The molecule has 0 aromatic carbocycles. The van der Waals surface area contributed by atoms with Gasteiger partial charge in [0.05, 0.1) is 5.69 Å². The zero-order chi connectivity index (χ0) is 12.5. The van der Waals surface area contributed by atoms with E-state index in [0.717, 1.165) is 23.9 Å². The first-order valence-electron chi connectivity index (χ1n) is 6.40. The van der Waals surface area contributed by atoms with Crippen LogP contribution in [0, 0.1) is 18.3 Å². The van der Waals surface area contributed by atoms with Gasteiger partial charge in [0.15, 0.2) is 0 Å². The highest BCUT2D eigenvalue weighted by molar-refractivity contribution is 5.27. The molecule has 0 saturated heterocycles. The second kappa shape index (κ2) is 4.65. The predicted octanol–water partition coefficient (Wildman–Crippen LogP) is 2.62. The third-order valence-electron chi connectivity index (χ3n) is 3.98. The molecule has 94 valence electrons. The molecule has 17 heavy (non-hydrogen) atoms. The molecule has 1 heterocycles. The summed E-state index contributed by atoms with van der Waals surface area (Å²) in [5, 5.41) is 13.1. The first kappa shape index (κ1) is 12.4. The molecular formula is C14H22N2O. The number of hydrogen-bond donors (Lipinski definition) is 2. The van der Waals surface area contributed by atoms with Crippen LogP contribution in [0.3, 0.4) is 0 Å². The highest BCUT2D eigenvalue weighted by Gasteiger charge is 2.44. The van der Waals surface area contributed by atoms with Crippen LogP contribution in [0.2, 0.25) is 0 Å². The molecule has 2 N–H and O–H groups in total. The van der Waals surface area contributed by atoms with E-state index in [4.69, 9.17) is 0 Å². The van der Waals surface area contributed by atoms with Crippen LogP contribution in [-0.4, -0.2) is 16.6 Å².